The van der Waals surface area contributed by atoms with Crippen LogP contribution in [0.25, 0.3) is 0 Å². The summed E-state index contributed by atoms with van der Waals surface area (Å²) in [5, 5.41) is 0.669. The van der Waals surface area contributed by atoms with Gasteiger partial charge in [0, 0.05) is 12.0 Å². The molecular weight excluding hydrogens is 270 g/mol. The summed E-state index contributed by atoms with van der Waals surface area (Å²) in [5.74, 6) is 0.724. The Balaban J connectivity index is 2.20. The Bertz CT molecular complexity index is 478. The van der Waals surface area contributed by atoms with Gasteiger partial charge in [-0.1, -0.05) is 43.5 Å². The van der Waals surface area contributed by atoms with Crippen molar-refractivity contribution in [1.82, 2.24) is 0 Å². The minimum absolute atomic E-state index is 0.106. The molecule has 3 heteroatoms. The molecular formula is C17H24ClNO. The molecule has 2 N–H and O–H groups in total. The van der Waals surface area contributed by atoms with Crippen molar-refractivity contribution in [2.24, 2.45) is 5.73 Å². The van der Waals surface area contributed by atoms with E-state index in [-0.39, 0.29) is 5.41 Å². The SMILES string of the molecule is C=C(C)COc1ccc(C2(CN)CCCCC2)cc1Cl. The number of benzene rings is 1. The van der Waals surface area contributed by atoms with Crippen LogP contribution in [0.4, 0.5) is 0 Å². The highest BCUT2D eigenvalue weighted by molar-refractivity contribution is 6.32. The first kappa shape index (κ1) is 15.4. The maximum absolute atomic E-state index is 6.36. The van der Waals surface area contributed by atoms with Crippen molar-refractivity contribution in [2.75, 3.05) is 13.2 Å². The molecule has 1 aliphatic carbocycles. The normalized spacial score (nSPS) is 17.8. The van der Waals surface area contributed by atoms with Crippen LogP contribution in [-0.2, 0) is 5.41 Å². The minimum atomic E-state index is 0.106. The summed E-state index contributed by atoms with van der Waals surface area (Å²) in [6.07, 6.45) is 6.14. The second-order valence-electron chi connectivity index (χ2n) is 5.94. The van der Waals surface area contributed by atoms with Crippen LogP contribution in [0.3, 0.4) is 0 Å². The van der Waals surface area contributed by atoms with Crippen LogP contribution < -0.4 is 10.5 Å². The molecule has 1 aromatic carbocycles. The lowest BCUT2D eigenvalue weighted by Gasteiger charge is -2.37. The lowest BCUT2D eigenvalue weighted by atomic mass is 9.69. The van der Waals surface area contributed by atoms with Crippen molar-refractivity contribution in [3.63, 3.8) is 0 Å². The van der Waals surface area contributed by atoms with Gasteiger partial charge in [0.25, 0.3) is 0 Å². The monoisotopic (exact) mass is 293 g/mol. The zero-order chi connectivity index (χ0) is 14.6. The fourth-order valence-electron chi connectivity index (χ4n) is 2.99. The Labute approximate surface area is 127 Å². The molecule has 110 valence electrons. The molecule has 0 atom stereocenters. The largest absolute Gasteiger partial charge is 0.488 e. The highest BCUT2D eigenvalue weighted by atomic mass is 35.5. The van der Waals surface area contributed by atoms with Crippen molar-refractivity contribution >= 4 is 11.6 Å². The van der Waals surface area contributed by atoms with E-state index in [1.807, 2.05) is 19.1 Å². The molecule has 1 aliphatic rings. The molecule has 2 nitrogen and oxygen atoms in total. The van der Waals surface area contributed by atoms with Crippen molar-refractivity contribution in [1.29, 1.82) is 0 Å². The van der Waals surface area contributed by atoms with Gasteiger partial charge in [0.1, 0.15) is 12.4 Å². The maximum Gasteiger partial charge on any atom is 0.138 e. The average Bonchev–Trinajstić information content (AvgIpc) is 2.46. The van der Waals surface area contributed by atoms with Crippen LogP contribution in [0.5, 0.6) is 5.75 Å². The van der Waals surface area contributed by atoms with Crippen LogP contribution in [0, 0.1) is 0 Å². The van der Waals surface area contributed by atoms with Gasteiger partial charge in [-0.15, -0.1) is 0 Å². The third kappa shape index (κ3) is 3.36. The quantitative estimate of drug-likeness (QED) is 0.814. The first-order valence-corrected chi connectivity index (χ1v) is 7.72. The van der Waals surface area contributed by atoms with Gasteiger partial charge in [0.2, 0.25) is 0 Å². The molecule has 0 unspecified atom stereocenters. The first-order valence-electron chi connectivity index (χ1n) is 7.35. The molecule has 0 radical (unpaired) electrons. The van der Waals surface area contributed by atoms with Crippen LogP contribution in [0.15, 0.2) is 30.4 Å². The van der Waals surface area contributed by atoms with E-state index in [9.17, 15) is 0 Å². The Morgan fingerprint density at radius 1 is 1.35 bits per heavy atom. The molecule has 1 aromatic rings. The fraction of sp³-hybridized carbons (Fsp3) is 0.529. The molecule has 0 bridgehead atoms. The van der Waals surface area contributed by atoms with Gasteiger partial charge in [0.05, 0.1) is 5.02 Å². The highest BCUT2D eigenvalue weighted by Crippen LogP contribution is 2.40. The Kier molecular flexibility index (Phi) is 5.11. The lowest BCUT2D eigenvalue weighted by molar-refractivity contribution is 0.300. The van der Waals surface area contributed by atoms with Crippen molar-refractivity contribution in [3.05, 3.63) is 40.9 Å². The smallest absolute Gasteiger partial charge is 0.138 e. The summed E-state index contributed by atoms with van der Waals surface area (Å²) in [4.78, 5) is 0. The number of ether oxygens (including phenoxy) is 1. The second-order valence-corrected chi connectivity index (χ2v) is 6.34. The topological polar surface area (TPSA) is 35.2 Å². The van der Waals surface area contributed by atoms with Gasteiger partial charge in [0.15, 0.2) is 0 Å². The van der Waals surface area contributed by atoms with E-state index in [4.69, 9.17) is 22.1 Å². The van der Waals surface area contributed by atoms with E-state index in [1.54, 1.807) is 0 Å². The third-order valence-electron chi connectivity index (χ3n) is 4.22. The van der Waals surface area contributed by atoms with E-state index in [0.29, 0.717) is 18.2 Å². The summed E-state index contributed by atoms with van der Waals surface area (Å²) >= 11 is 6.36. The summed E-state index contributed by atoms with van der Waals surface area (Å²) < 4.78 is 5.64. The van der Waals surface area contributed by atoms with E-state index in [2.05, 4.69) is 12.6 Å². The first-order chi connectivity index (χ1) is 9.57. The van der Waals surface area contributed by atoms with Crippen LogP contribution in [-0.4, -0.2) is 13.2 Å². The van der Waals surface area contributed by atoms with Crippen molar-refractivity contribution in [3.8, 4) is 5.75 Å². The Morgan fingerprint density at radius 2 is 2.05 bits per heavy atom. The summed E-state index contributed by atoms with van der Waals surface area (Å²) in [6.45, 7) is 6.96. The van der Waals surface area contributed by atoms with E-state index in [0.717, 1.165) is 24.2 Å². The zero-order valence-electron chi connectivity index (χ0n) is 12.3. The van der Waals surface area contributed by atoms with Crippen molar-refractivity contribution in [2.45, 2.75) is 44.4 Å². The predicted molar refractivity (Wildman–Crippen MR) is 85.6 cm³/mol. The van der Waals surface area contributed by atoms with Crippen LogP contribution >= 0.6 is 11.6 Å². The van der Waals surface area contributed by atoms with Gasteiger partial charge in [-0.2, -0.15) is 0 Å². The molecule has 0 aromatic heterocycles. The van der Waals surface area contributed by atoms with E-state index >= 15 is 0 Å². The number of rotatable bonds is 5. The molecule has 0 spiro atoms. The van der Waals surface area contributed by atoms with Crippen LogP contribution in [0.2, 0.25) is 5.02 Å². The highest BCUT2D eigenvalue weighted by Gasteiger charge is 2.32. The fourth-order valence-corrected chi connectivity index (χ4v) is 3.22. The predicted octanol–water partition coefficient (Wildman–Crippen LogP) is 4.46. The average molecular weight is 294 g/mol. The van der Waals surface area contributed by atoms with Gasteiger partial charge < -0.3 is 10.5 Å². The van der Waals surface area contributed by atoms with Gasteiger partial charge in [-0.3, -0.25) is 0 Å². The Hall–Kier alpha value is -0.990. The second kappa shape index (κ2) is 6.64. The molecule has 2 rings (SSSR count). The van der Waals surface area contributed by atoms with Gasteiger partial charge in [-0.05, 0) is 43.0 Å². The Morgan fingerprint density at radius 3 is 2.60 bits per heavy atom. The number of hydrogen-bond donors (Lipinski definition) is 1. The summed E-state index contributed by atoms with van der Waals surface area (Å²) in [5.41, 5.74) is 8.42. The minimum Gasteiger partial charge on any atom is -0.488 e. The molecule has 1 fully saturated rings. The number of hydrogen-bond acceptors (Lipinski definition) is 2. The molecule has 0 heterocycles. The molecule has 0 amide bonds. The number of halogens is 1. The van der Waals surface area contributed by atoms with E-state index < -0.39 is 0 Å². The van der Waals surface area contributed by atoms with Crippen LogP contribution in [0.1, 0.15) is 44.6 Å². The van der Waals surface area contributed by atoms with Crippen molar-refractivity contribution < 1.29 is 4.74 Å². The lowest BCUT2D eigenvalue weighted by Crippen LogP contribution is -2.37. The molecule has 1 saturated carbocycles. The summed E-state index contributed by atoms with van der Waals surface area (Å²) in [6, 6.07) is 6.12. The number of nitrogens with two attached hydrogens (primary N) is 1. The zero-order valence-corrected chi connectivity index (χ0v) is 13.0. The van der Waals surface area contributed by atoms with Gasteiger partial charge in [-0.25, -0.2) is 0 Å². The summed E-state index contributed by atoms with van der Waals surface area (Å²) in [7, 11) is 0. The van der Waals surface area contributed by atoms with E-state index in [1.165, 1.54) is 24.8 Å². The third-order valence-corrected chi connectivity index (χ3v) is 4.52. The molecule has 20 heavy (non-hydrogen) atoms. The molecule has 0 saturated heterocycles. The maximum atomic E-state index is 6.36. The molecule has 0 aliphatic heterocycles. The van der Waals surface area contributed by atoms with Gasteiger partial charge >= 0.3 is 0 Å². The standard InChI is InChI=1S/C17H24ClNO/c1-13(2)11-20-16-7-6-14(10-15(16)18)17(12-19)8-4-3-5-9-17/h6-7,10H,1,3-5,8-9,11-12,19H2,2H3.